The van der Waals surface area contributed by atoms with E-state index in [1.807, 2.05) is 0 Å². The van der Waals surface area contributed by atoms with Crippen molar-refractivity contribution in [1.82, 2.24) is 15.3 Å². The van der Waals surface area contributed by atoms with Gasteiger partial charge in [-0.15, -0.1) is 0 Å². The molecular formula is C30H37F3N6O3. The van der Waals surface area contributed by atoms with Gasteiger partial charge in [0.25, 0.3) is 5.91 Å². The Bertz CT molecular complexity index is 1300. The average molecular weight is 587 g/mol. The highest BCUT2D eigenvalue weighted by molar-refractivity contribution is 6.04. The lowest BCUT2D eigenvalue weighted by molar-refractivity contribution is -0.138. The summed E-state index contributed by atoms with van der Waals surface area (Å²) < 4.78 is 38.1. The number of piperidine rings is 1. The van der Waals surface area contributed by atoms with Crippen molar-refractivity contribution in [3.8, 4) is 0 Å². The zero-order valence-corrected chi connectivity index (χ0v) is 24.3. The van der Waals surface area contributed by atoms with E-state index in [0.29, 0.717) is 35.1 Å². The summed E-state index contributed by atoms with van der Waals surface area (Å²) in [5.74, 6) is 0.0303. The van der Waals surface area contributed by atoms with Gasteiger partial charge in [0.2, 0.25) is 0 Å². The predicted molar refractivity (Wildman–Crippen MR) is 157 cm³/mol. The Morgan fingerprint density at radius 2 is 1.43 bits per heavy atom. The van der Waals surface area contributed by atoms with Gasteiger partial charge in [-0.05, 0) is 67.9 Å². The van der Waals surface area contributed by atoms with Crippen LogP contribution in [0.3, 0.4) is 0 Å². The molecule has 2 heterocycles. The number of halogens is 3. The topological polar surface area (TPSA) is 111 Å². The van der Waals surface area contributed by atoms with Crippen molar-refractivity contribution in [1.29, 1.82) is 0 Å². The number of carbonyl (C=O) groups excluding carboxylic acids is 1. The average Bonchev–Trinajstić information content (AvgIpc) is 2.95. The summed E-state index contributed by atoms with van der Waals surface area (Å²) >= 11 is 0. The maximum Gasteiger partial charge on any atom is 0.416 e. The monoisotopic (exact) mass is 586 g/mol. The summed E-state index contributed by atoms with van der Waals surface area (Å²) in [5.41, 5.74) is 1.13. The summed E-state index contributed by atoms with van der Waals surface area (Å²) in [7, 11) is 7.13. The van der Waals surface area contributed by atoms with Gasteiger partial charge < -0.3 is 25.5 Å². The van der Waals surface area contributed by atoms with Crippen LogP contribution in [0.4, 0.5) is 30.5 Å². The van der Waals surface area contributed by atoms with Crippen molar-refractivity contribution in [3.63, 3.8) is 0 Å². The number of nitrogens with zero attached hydrogens (tertiary/aromatic N) is 4. The van der Waals surface area contributed by atoms with Gasteiger partial charge in [0.15, 0.2) is 0 Å². The molecule has 2 aromatic carbocycles. The Morgan fingerprint density at radius 3 is 1.83 bits per heavy atom. The number of aromatic nitrogens is 2. The fraction of sp³-hybridized carbons (Fsp3) is 0.400. The quantitative estimate of drug-likeness (QED) is 0.344. The number of benzene rings is 2. The van der Waals surface area contributed by atoms with E-state index in [0.717, 1.165) is 29.8 Å². The van der Waals surface area contributed by atoms with Gasteiger partial charge in [0, 0.05) is 51.4 Å². The van der Waals surface area contributed by atoms with E-state index in [9.17, 15) is 27.9 Å². The Kier molecular flexibility index (Phi) is 11.3. The van der Waals surface area contributed by atoms with Crippen LogP contribution in [0.2, 0.25) is 0 Å². The third kappa shape index (κ3) is 9.44. The standard InChI is InChI=1S/C25H26F3N5O3.C5H11N/c1-32(2)22-19(14-21(34)35)23(33(3)4)31-20(30-22)13-15-5-11-18(12-6-15)29-24(36)16-7-9-17(10-8-16)25(26,27)28;1-2-4-6-5-3-1/h5-12H,13-14H2,1-4H3,(H,29,36)(H,34,35);6H,1-5H2. The predicted octanol–water partition coefficient (Wildman–Crippen LogP) is 4.86. The van der Waals surface area contributed by atoms with E-state index >= 15 is 0 Å². The zero-order chi connectivity index (χ0) is 30.9. The Hall–Kier alpha value is -4.19. The molecular weight excluding hydrogens is 549 g/mol. The van der Waals surface area contributed by atoms with Gasteiger partial charge in [-0.25, -0.2) is 9.97 Å². The lowest BCUT2D eigenvalue weighted by atomic mass is 10.1. The van der Waals surface area contributed by atoms with E-state index < -0.39 is 23.6 Å². The second-order valence-electron chi connectivity index (χ2n) is 10.3. The summed E-state index contributed by atoms with van der Waals surface area (Å²) in [6.07, 6.45) is -0.102. The number of rotatable bonds is 8. The van der Waals surface area contributed by atoms with Crippen LogP contribution in [0.25, 0.3) is 0 Å². The van der Waals surface area contributed by atoms with Gasteiger partial charge in [0.1, 0.15) is 17.5 Å². The summed E-state index contributed by atoms with van der Waals surface area (Å²) in [5, 5.41) is 15.3. The first-order valence-electron chi connectivity index (χ1n) is 13.6. The van der Waals surface area contributed by atoms with Crippen LogP contribution in [-0.2, 0) is 23.8 Å². The minimum Gasteiger partial charge on any atom is -0.481 e. The first kappa shape index (κ1) is 32.3. The number of alkyl halides is 3. The van der Waals surface area contributed by atoms with Crippen LogP contribution < -0.4 is 20.4 Å². The molecule has 226 valence electrons. The molecule has 0 spiro atoms. The van der Waals surface area contributed by atoms with Crippen molar-refractivity contribution in [2.24, 2.45) is 0 Å². The molecule has 42 heavy (non-hydrogen) atoms. The molecule has 1 aliphatic rings. The molecule has 9 nitrogen and oxygen atoms in total. The molecule has 0 radical (unpaired) electrons. The van der Waals surface area contributed by atoms with Crippen LogP contribution in [0.1, 0.15) is 52.1 Å². The molecule has 1 aromatic heterocycles. The highest BCUT2D eigenvalue weighted by Crippen LogP contribution is 2.29. The molecule has 4 rings (SSSR count). The van der Waals surface area contributed by atoms with Crippen molar-refractivity contribution < 1.29 is 27.9 Å². The van der Waals surface area contributed by atoms with Crippen molar-refractivity contribution >= 4 is 29.2 Å². The van der Waals surface area contributed by atoms with Crippen LogP contribution in [-0.4, -0.2) is 68.2 Å². The van der Waals surface area contributed by atoms with Gasteiger partial charge in [0.05, 0.1) is 12.0 Å². The minimum absolute atomic E-state index is 0.106. The molecule has 12 heteroatoms. The molecule has 0 bridgehead atoms. The van der Waals surface area contributed by atoms with E-state index in [1.165, 1.54) is 32.4 Å². The molecule has 3 N–H and O–H groups in total. The second kappa shape index (κ2) is 14.6. The number of carboxylic acids is 1. The highest BCUT2D eigenvalue weighted by Gasteiger charge is 2.30. The SMILES string of the molecule is C1CCNCC1.CN(C)c1nc(Cc2ccc(NC(=O)c3ccc(C(F)(F)F)cc3)cc2)nc(N(C)C)c1CC(=O)O. The Labute approximate surface area is 243 Å². The first-order chi connectivity index (χ1) is 19.8. The van der Waals surface area contributed by atoms with E-state index in [-0.39, 0.29) is 12.0 Å². The zero-order valence-electron chi connectivity index (χ0n) is 24.3. The number of nitrogens with one attached hydrogen (secondary N) is 2. The Balaban J connectivity index is 0.000000715. The van der Waals surface area contributed by atoms with E-state index in [1.54, 1.807) is 62.3 Å². The summed E-state index contributed by atoms with van der Waals surface area (Å²) in [6.45, 7) is 2.50. The number of aliphatic carboxylic acids is 1. The number of carbonyl (C=O) groups is 2. The van der Waals surface area contributed by atoms with Crippen LogP contribution >= 0.6 is 0 Å². The summed E-state index contributed by atoms with van der Waals surface area (Å²) in [4.78, 5) is 36.4. The van der Waals surface area contributed by atoms with Crippen LogP contribution in [0.5, 0.6) is 0 Å². The normalized spacial score (nSPS) is 13.0. The van der Waals surface area contributed by atoms with E-state index in [2.05, 4.69) is 20.6 Å². The molecule has 0 unspecified atom stereocenters. The number of hydrogen-bond donors (Lipinski definition) is 3. The van der Waals surface area contributed by atoms with Crippen LogP contribution in [0, 0.1) is 0 Å². The van der Waals surface area contributed by atoms with Gasteiger partial charge in [-0.3, -0.25) is 9.59 Å². The van der Waals surface area contributed by atoms with Crippen molar-refractivity contribution in [3.05, 3.63) is 76.6 Å². The molecule has 1 saturated heterocycles. The first-order valence-corrected chi connectivity index (χ1v) is 13.6. The molecule has 1 amide bonds. The van der Waals surface area contributed by atoms with Gasteiger partial charge >= 0.3 is 12.1 Å². The van der Waals surface area contributed by atoms with E-state index in [4.69, 9.17) is 0 Å². The number of amides is 1. The molecule has 0 aliphatic carbocycles. The van der Waals surface area contributed by atoms with Crippen LogP contribution in [0.15, 0.2) is 48.5 Å². The largest absolute Gasteiger partial charge is 0.481 e. The van der Waals surface area contributed by atoms with Gasteiger partial charge in [-0.2, -0.15) is 13.2 Å². The third-order valence-corrected chi connectivity index (χ3v) is 6.44. The van der Waals surface area contributed by atoms with Crippen molar-refractivity contribution in [2.45, 2.75) is 38.3 Å². The molecule has 0 atom stereocenters. The molecule has 0 saturated carbocycles. The fourth-order valence-electron chi connectivity index (χ4n) is 4.34. The second-order valence-corrected chi connectivity index (χ2v) is 10.3. The maximum absolute atomic E-state index is 12.7. The van der Waals surface area contributed by atoms with Gasteiger partial charge in [-0.1, -0.05) is 18.6 Å². The highest BCUT2D eigenvalue weighted by atomic mass is 19.4. The summed E-state index contributed by atoms with van der Waals surface area (Å²) in [6, 6.07) is 10.9. The number of carboxylic acid groups (broad SMARTS) is 1. The molecule has 1 fully saturated rings. The lowest BCUT2D eigenvalue weighted by Gasteiger charge is -2.22. The molecule has 1 aliphatic heterocycles. The maximum atomic E-state index is 12.7. The fourth-order valence-corrected chi connectivity index (χ4v) is 4.34. The molecule has 3 aromatic rings. The Morgan fingerprint density at radius 1 is 0.881 bits per heavy atom. The number of hydrogen-bond acceptors (Lipinski definition) is 7. The lowest BCUT2D eigenvalue weighted by Crippen LogP contribution is -2.22. The number of anilines is 3. The smallest absolute Gasteiger partial charge is 0.416 e. The minimum atomic E-state index is -4.47. The third-order valence-electron chi connectivity index (χ3n) is 6.44. The van der Waals surface area contributed by atoms with Crippen molar-refractivity contribution in [2.75, 3.05) is 56.4 Å².